The van der Waals surface area contributed by atoms with Gasteiger partial charge in [0.15, 0.2) is 0 Å². The molecule has 8 nitrogen and oxygen atoms in total. The molecule has 3 heterocycles. The normalized spacial score (nSPS) is 18.3. The van der Waals surface area contributed by atoms with E-state index in [4.69, 9.17) is 4.42 Å². The summed E-state index contributed by atoms with van der Waals surface area (Å²) in [5.41, 5.74) is 3.11. The number of carbonyl (C=O) groups excluding carboxylic acids is 2. The van der Waals surface area contributed by atoms with Gasteiger partial charge < -0.3 is 14.6 Å². The van der Waals surface area contributed by atoms with Crippen LogP contribution < -0.4 is 10.2 Å². The summed E-state index contributed by atoms with van der Waals surface area (Å²) in [6.07, 6.45) is 6.26. The van der Waals surface area contributed by atoms with Crippen LogP contribution in [0.2, 0.25) is 0 Å². The van der Waals surface area contributed by atoms with Crippen LogP contribution in [0.4, 0.5) is 11.4 Å². The van der Waals surface area contributed by atoms with Crippen molar-refractivity contribution >= 4 is 33.2 Å². The maximum Gasteiger partial charge on any atom is 0.261 e. The predicted octanol–water partition coefficient (Wildman–Crippen LogP) is 4.30. The zero-order valence-corrected chi connectivity index (χ0v) is 20.3. The Kier molecular flexibility index (Phi) is 6.21. The third kappa shape index (κ3) is 4.49. The van der Waals surface area contributed by atoms with E-state index in [1.165, 1.54) is 29.0 Å². The van der Waals surface area contributed by atoms with Gasteiger partial charge in [0.2, 0.25) is 10.0 Å². The van der Waals surface area contributed by atoms with Crippen molar-refractivity contribution in [2.24, 2.45) is 0 Å². The predicted molar refractivity (Wildman–Crippen MR) is 132 cm³/mol. The number of nitrogens with one attached hydrogen (secondary N) is 1. The van der Waals surface area contributed by atoms with Gasteiger partial charge in [-0.1, -0.05) is 12.5 Å². The highest BCUT2D eigenvalue weighted by molar-refractivity contribution is 7.89. The van der Waals surface area contributed by atoms with Gasteiger partial charge in [-0.05, 0) is 74.2 Å². The Morgan fingerprint density at radius 1 is 1.03 bits per heavy atom. The minimum Gasteiger partial charge on any atom is -0.472 e. The molecule has 0 spiro atoms. The number of hydrogen-bond donors (Lipinski definition) is 1. The first-order valence-corrected chi connectivity index (χ1v) is 13.2. The molecule has 9 heteroatoms. The fourth-order valence-corrected chi connectivity index (χ4v) is 6.54. The number of rotatable bonds is 5. The van der Waals surface area contributed by atoms with Crippen LogP contribution in [0.1, 0.15) is 52.5 Å². The number of furan rings is 1. The van der Waals surface area contributed by atoms with E-state index >= 15 is 0 Å². The number of fused-ring (bicyclic) bond motifs is 1. The second-order valence-electron chi connectivity index (χ2n) is 9.00. The lowest BCUT2D eigenvalue weighted by Gasteiger charge is -2.32. The Morgan fingerprint density at radius 3 is 2.66 bits per heavy atom. The van der Waals surface area contributed by atoms with E-state index in [1.807, 2.05) is 19.1 Å². The molecular weight excluding hydrogens is 466 g/mol. The van der Waals surface area contributed by atoms with Crippen molar-refractivity contribution in [1.82, 2.24) is 4.31 Å². The topological polar surface area (TPSA) is 99.9 Å². The van der Waals surface area contributed by atoms with Crippen molar-refractivity contribution in [3.05, 3.63) is 77.7 Å². The van der Waals surface area contributed by atoms with E-state index < -0.39 is 15.9 Å². The van der Waals surface area contributed by atoms with Crippen molar-refractivity contribution in [3.8, 4) is 0 Å². The Balaban J connectivity index is 1.32. The summed E-state index contributed by atoms with van der Waals surface area (Å²) in [5, 5.41) is 2.86. The molecule has 2 amide bonds. The van der Waals surface area contributed by atoms with Crippen LogP contribution in [0.3, 0.4) is 0 Å². The molecule has 1 saturated heterocycles. The first-order valence-electron chi connectivity index (χ1n) is 11.7. The maximum atomic E-state index is 13.2. The van der Waals surface area contributed by atoms with Gasteiger partial charge in [-0.3, -0.25) is 9.59 Å². The average molecular weight is 494 g/mol. The van der Waals surface area contributed by atoms with E-state index in [2.05, 4.69) is 5.32 Å². The zero-order valence-electron chi connectivity index (χ0n) is 19.4. The summed E-state index contributed by atoms with van der Waals surface area (Å²) in [4.78, 5) is 27.5. The molecule has 1 aromatic heterocycles. The summed E-state index contributed by atoms with van der Waals surface area (Å²) in [6, 6.07) is 13.2. The van der Waals surface area contributed by atoms with E-state index in [-0.39, 0.29) is 22.4 Å². The average Bonchev–Trinajstić information content (AvgIpc) is 3.54. The Labute approximate surface area is 204 Å². The van der Waals surface area contributed by atoms with E-state index in [0.717, 1.165) is 30.5 Å². The quantitative estimate of drug-likeness (QED) is 0.571. The second-order valence-corrected chi connectivity index (χ2v) is 10.9. The summed E-state index contributed by atoms with van der Waals surface area (Å²) >= 11 is 0. The molecule has 182 valence electrons. The smallest absolute Gasteiger partial charge is 0.261 e. The van der Waals surface area contributed by atoms with Gasteiger partial charge in [0.1, 0.15) is 6.26 Å². The van der Waals surface area contributed by atoms with Gasteiger partial charge in [-0.15, -0.1) is 0 Å². The minimum absolute atomic E-state index is 0.0578. The van der Waals surface area contributed by atoms with Crippen LogP contribution in [0.25, 0.3) is 0 Å². The van der Waals surface area contributed by atoms with Crippen molar-refractivity contribution in [3.63, 3.8) is 0 Å². The molecule has 0 saturated carbocycles. The number of hydrogen-bond acceptors (Lipinski definition) is 5. The minimum atomic E-state index is -3.67. The van der Waals surface area contributed by atoms with Gasteiger partial charge in [0.25, 0.3) is 11.8 Å². The first-order chi connectivity index (χ1) is 16.8. The standard InChI is InChI=1S/C26H27N3O5S/c1-18-5-2-3-12-29(18)35(32,33)23-7-4-6-20(16-23)25(30)27-22-8-9-24-19(15-22)10-13-28(24)26(31)21-11-14-34-17-21/h4,6-9,11,14-18H,2-3,5,10,12-13H2,1H3,(H,27,30). The lowest BCUT2D eigenvalue weighted by Crippen LogP contribution is -2.41. The summed E-state index contributed by atoms with van der Waals surface area (Å²) in [7, 11) is -3.67. The monoisotopic (exact) mass is 493 g/mol. The third-order valence-corrected chi connectivity index (χ3v) is 8.70. The van der Waals surface area contributed by atoms with Crippen molar-refractivity contribution in [1.29, 1.82) is 0 Å². The van der Waals surface area contributed by atoms with Crippen LogP contribution in [0, 0.1) is 0 Å². The summed E-state index contributed by atoms with van der Waals surface area (Å²) in [5.74, 6) is -0.520. The molecule has 2 aliphatic heterocycles. The molecule has 3 aromatic rings. The number of amides is 2. The van der Waals surface area contributed by atoms with Crippen LogP contribution >= 0.6 is 0 Å². The molecule has 0 bridgehead atoms. The van der Waals surface area contributed by atoms with E-state index in [9.17, 15) is 18.0 Å². The number of carbonyl (C=O) groups is 2. The third-order valence-electron chi connectivity index (χ3n) is 6.69. The van der Waals surface area contributed by atoms with Crippen LogP contribution in [0.5, 0.6) is 0 Å². The lowest BCUT2D eigenvalue weighted by atomic mass is 10.1. The summed E-state index contributed by atoms with van der Waals surface area (Å²) in [6.45, 7) is 2.96. The highest BCUT2D eigenvalue weighted by Crippen LogP contribution is 2.32. The Morgan fingerprint density at radius 2 is 1.89 bits per heavy atom. The van der Waals surface area contributed by atoms with Gasteiger partial charge in [-0.25, -0.2) is 8.42 Å². The molecule has 1 fully saturated rings. The molecular formula is C26H27N3O5S. The molecule has 2 aliphatic rings. The summed E-state index contributed by atoms with van der Waals surface area (Å²) < 4.78 is 32.9. The fourth-order valence-electron chi connectivity index (χ4n) is 4.80. The molecule has 1 N–H and O–H groups in total. The maximum absolute atomic E-state index is 13.2. The SMILES string of the molecule is CC1CCCCN1S(=O)(=O)c1cccc(C(=O)Nc2ccc3c(c2)CCN3C(=O)c2ccoc2)c1. The van der Waals surface area contributed by atoms with Gasteiger partial charge in [0, 0.05) is 36.1 Å². The van der Waals surface area contributed by atoms with Crippen LogP contribution in [0.15, 0.2) is 70.4 Å². The molecule has 1 unspecified atom stereocenters. The van der Waals surface area contributed by atoms with Crippen LogP contribution in [-0.2, 0) is 16.4 Å². The van der Waals surface area contributed by atoms with Crippen molar-refractivity contribution < 1.29 is 22.4 Å². The Hall–Kier alpha value is -3.43. The molecule has 1 atom stereocenters. The lowest BCUT2D eigenvalue weighted by molar-refractivity contribution is 0.0987. The Bertz CT molecular complexity index is 1370. The number of benzene rings is 2. The molecule has 0 radical (unpaired) electrons. The number of piperidine rings is 1. The van der Waals surface area contributed by atoms with E-state index in [0.29, 0.717) is 30.8 Å². The molecule has 5 rings (SSSR count). The fraction of sp³-hybridized carbons (Fsp3) is 0.308. The van der Waals surface area contributed by atoms with E-state index in [1.54, 1.807) is 29.2 Å². The number of anilines is 2. The molecule has 0 aliphatic carbocycles. The van der Waals surface area contributed by atoms with Gasteiger partial charge in [0.05, 0.1) is 16.7 Å². The zero-order chi connectivity index (χ0) is 24.6. The largest absolute Gasteiger partial charge is 0.472 e. The number of nitrogens with zero attached hydrogens (tertiary/aromatic N) is 2. The highest BCUT2D eigenvalue weighted by Gasteiger charge is 2.31. The van der Waals surface area contributed by atoms with Crippen LogP contribution in [-0.4, -0.2) is 43.7 Å². The number of sulfonamides is 1. The van der Waals surface area contributed by atoms with Crippen molar-refractivity contribution in [2.45, 2.75) is 43.5 Å². The van der Waals surface area contributed by atoms with Gasteiger partial charge >= 0.3 is 0 Å². The van der Waals surface area contributed by atoms with Gasteiger partial charge in [-0.2, -0.15) is 4.31 Å². The first kappa shape index (κ1) is 23.3. The van der Waals surface area contributed by atoms with Crippen molar-refractivity contribution in [2.75, 3.05) is 23.3 Å². The molecule has 2 aromatic carbocycles. The highest BCUT2D eigenvalue weighted by atomic mass is 32.2. The second kappa shape index (κ2) is 9.31. The molecule has 35 heavy (non-hydrogen) atoms.